The largest absolute Gasteiger partial charge is 0.504 e. The molecule has 0 saturated heterocycles. The lowest BCUT2D eigenvalue weighted by molar-refractivity contribution is 0.0970. The maximum absolute atomic E-state index is 13.9. The Morgan fingerprint density at radius 2 is 2.00 bits per heavy atom. The maximum Gasteiger partial charge on any atom is 0.297 e. The van der Waals surface area contributed by atoms with Gasteiger partial charge in [-0.05, 0) is 41.8 Å². The molecule has 34 heavy (non-hydrogen) atoms. The fourth-order valence-electron chi connectivity index (χ4n) is 4.10. The third-order valence-electron chi connectivity index (χ3n) is 5.60. The van der Waals surface area contributed by atoms with E-state index in [2.05, 4.69) is 24.0 Å². The number of anilines is 1. The minimum atomic E-state index is -0.930. The summed E-state index contributed by atoms with van der Waals surface area (Å²) in [7, 11) is 1.40. The van der Waals surface area contributed by atoms with Gasteiger partial charge in [0.1, 0.15) is 16.4 Å². The van der Waals surface area contributed by atoms with Gasteiger partial charge in [-0.1, -0.05) is 31.3 Å². The molecule has 3 heterocycles. The van der Waals surface area contributed by atoms with Crippen molar-refractivity contribution in [1.82, 2.24) is 10.2 Å². The van der Waals surface area contributed by atoms with Crippen LogP contribution >= 0.6 is 11.3 Å². The van der Waals surface area contributed by atoms with Crippen molar-refractivity contribution in [3.05, 3.63) is 74.3 Å². The summed E-state index contributed by atoms with van der Waals surface area (Å²) in [5, 5.41) is 19.6. The Hall–Kier alpha value is -3.79. The molecule has 8 nitrogen and oxygen atoms in total. The first-order valence-electron chi connectivity index (χ1n) is 10.6. The van der Waals surface area contributed by atoms with Crippen LogP contribution in [0.4, 0.5) is 9.52 Å². The Kier molecular flexibility index (Phi) is 5.32. The van der Waals surface area contributed by atoms with Crippen LogP contribution in [0.15, 0.2) is 45.6 Å². The van der Waals surface area contributed by atoms with E-state index in [4.69, 9.17) is 9.15 Å². The van der Waals surface area contributed by atoms with Gasteiger partial charge in [-0.25, -0.2) is 4.39 Å². The third-order valence-corrected chi connectivity index (χ3v) is 6.54. The van der Waals surface area contributed by atoms with Gasteiger partial charge in [-0.2, -0.15) is 0 Å². The van der Waals surface area contributed by atoms with Gasteiger partial charge in [-0.15, -0.1) is 10.2 Å². The number of rotatable bonds is 5. The number of ether oxygens (including phenoxy) is 1. The van der Waals surface area contributed by atoms with Crippen LogP contribution in [-0.4, -0.2) is 28.3 Å². The fraction of sp³-hybridized carbons (Fsp3) is 0.250. The van der Waals surface area contributed by atoms with Gasteiger partial charge in [0.05, 0.1) is 24.1 Å². The fourth-order valence-corrected chi connectivity index (χ4v) is 5.17. The summed E-state index contributed by atoms with van der Waals surface area (Å²) in [6.45, 7) is 4.10. The molecule has 1 amide bonds. The number of aromatic nitrogens is 2. The van der Waals surface area contributed by atoms with Crippen molar-refractivity contribution >= 4 is 33.3 Å². The quantitative estimate of drug-likeness (QED) is 0.449. The van der Waals surface area contributed by atoms with Crippen LogP contribution in [-0.2, 0) is 6.42 Å². The van der Waals surface area contributed by atoms with E-state index in [1.165, 1.54) is 41.5 Å². The molecular weight excluding hydrogens is 461 g/mol. The SMILES string of the molecule is COc1cc([C@H]2c3c(oc4ccc(F)cc4c3=O)C(=O)N2c2nnc(CC(C)C)s2)ccc1O. The lowest BCUT2D eigenvalue weighted by Crippen LogP contribution is -2.29. The van der Waals surface area contributed by atoms with Crippen LogP contribution in [0.3, 0.4) is 0 Å². The van der Waals surface area contributed by atoms with E-state index in [9.17, 15) is 19.1 Å². The van der Waals surface area contributed by atoms with E-state index < -0.39 is 23.2 Å². The number of nitrogens with zero attached hydrogens (tertiary/aromatic N) is 3. The van der Waals surface area contributed by atoms with Crippen molar-refractivity contribution in [2.24, 2.45) is 5.92 Å². The molecule has 0 saturated carbocycles. The number of carbonyl (C=O) groups excluding carboxylic acids is 1. The highest BCUT2D eigenvalue weighted by Gasteiger charge is 2.45. The summed E-state index contributed by atoms with van der Waals surface area (Å²) < 4.78 is 25.0. The van der Waals surface area contributed by atoms with Gasteiger partial charge in [-0.3, -0.25) is 14.5 Å². The number of hydrogen-bond donors (Lipinski definition) is 1. The second-order valence-electron chi connectivity index (χ2n) is 8.40. The second-order valence-corrected chi connectivity index (χ2v) is 9.44. The highest BCUT2D eigenvalue weighted by Crippen LogP contribution is 2.44. The molecule has 4 aromatic rings. The zero-order chi connectivity index (χ0) is 24.1. The standard InChI is InChI=1S/C24H20FN3O5S/c1-11(2)8-18-26-27-24(34-18)28-20(12-4-6-15(29)17(9-12)32-3)19-21(30)14-10-13(25)5-7-16(14)33-22(19)23(28)31/h4-7,9-11,20,29H,8H2,1-3H3/t20-/m0/s1. The van der Waals surface area contributed by atoms with Gasteiger partial charge in [0.15, 0.2) is 16.9 Å². The van der Waals surface area contributed by atoms with Crippen molar-refractivity contribution in [3.8, 4) is 11.5 Å². The van der Waals surface area contributed by atoms with E-state index in [0.717, 1.165) is 11.1 Å². The molecule has 0 unspecified atom stereocenters. The Labute approximate surface area is 197 Å². The molecule has 0 fully saturated rings. The first kappa shape index (κ1) is 22.0. The lowest BCUT2D eigenvalue weighted by Gasteiger charge is -2.22. The number of fused-ring (bicyclic) bond motifs is 2. The van der Waals surface area contributed by atoms with Crippen LogP contribution in [0, 0.1) is 11.7 Å². The van der Waals surface area contributed by atoms with Crippen molar-refractivity contribution in [3.63, 3.8) is 0 Å². The molecule has 0 spiro atoms. The summed E-state index contributed by atoms with van der Waals surface area (Å²) in [5.41, 5.74) is 0.151. The van der Waals surface area contributed by atoms with Crippen LogP contribution in [0.25, 0.3) is 11.0 Å². The van der Waals surface area contributed by atoms with E-state index in [-0.39, 0.29) is 33.8 Å². The summed E-state index contributed by atoms with van der Waals surface area (Å²) in [6, 6.07) is 7.20. The molecule has 1 aliphatic rings. The van der Waals surface area contributed by atoms with Crippen molar-refractivity contribution in [1.29, 1.82) is 0 Å². The maximum atomic E-state index is 13.9. The topological polar surface area (TPSA) is 106 Å². The molecule has 174 valence electrons. The van der Waals surface area contributed by atoms with Gasteiger partial charge < -0.3 is 14.3 Å². The van der Waals surface area contributed by atoms with Crippen molar-refractivity contribution in [2.75, 3.05) is 12.0 Å². The predicted molar refractivity (Wildman–Crippen MR) is 124 cm³/mol. The first-order chi connectivity index (χ1) is 16.3. The Balaban J connectivity index is 1.76. The normalized spacial score (nSPS) is 15.4. The summed E-state index contributed by atoms with van der Waals surface area (Å²) in [5.74, 6) is -0.860. The number of benzene rings is 2. The molecule has 10 heteroatoms. The van der Waals surface area contributed by atoms with Crippen molar-refractivity contribution < 1.29 is 23.4 Å². The molecule has 0 bridgehead atoms. The van der Waals surface area contributed by atoms with Crippen LogP contribution in [0.5, 0.6) is 11.5 Å². The van der Waals surface area contributed by atoms with Gasteiger partial charge >= 0.3 is 0 Å². The number of phenolic OH excluding ortho intramolecular Hbond substituents is 1. The number of halogens is 1. The molecule has 1 aliphatic heterocycles. The summed E-state index contributed by atoms with van der Waals surface area (Å²) in [4.78, 5) is 28.5. The number of carbonyl (C=O) groups is 1. The van der Waals surface area contributed by atoms with Gasteiger partial charge in [0.2, 0.25) is 10.9 Å². The molecule has 0 aliphatic carbocycles. The van der Waals surface area contributed by atoms with E-state index >= 15 is 0 Å². The van der Waals surface area contributed by atoms with Crippen LogP contribution in [0.1, 0.15) is 46.6 Å². The average molecular weight is 482 g/mol. The van der Waals surface area contributed by atoms with Gasteiger partial charge in [0, 0.05) is 6.42 Å². The molecule has 2 aromatic carbocycles. The Morgan fingerprint density at radius 3 is 2.74 bits per heavy atom. The zero-order valence-corrected chi connectivity index (χ0v) is 19.4. The average Bonchev–Trinajstić information content (AvgIpc) is 3.36. The highest BCUT2D eigenvalue weighted by molar-refractivity contribution is 7.15. The minimum absolute atomic E-state index is 0.0295. The van der Waals surface area contributed by atoms with Gasteiger partial charge in [0.25, 0.3) is 5.91 Å². The molecule has 1 N–H and O–H groups in total. The van der Waals surface area contributed by atoms with E-state index in [1.807, 2.05) is 0 Å². The minimum Gasteiger partial charge on any atom is -0.504 e. The number of phenols is 1. The smallest absolute Gasteiger partial charge is 0.297 e. The molecule has 0 radical (unpaired) electrons. The highest BCUT2D eigenvalue weighted by atomic mass is 32.1. The third kappa shape index (κ3) is 3.50. The first-order valence-corrected chi connectivity index (χ1v) is 11.4. The molecule has 5 rings (SSSR count). The zero-order valence-electron chi connectivity index (χ0n) is 18.5. The number of hydrogen-bond acceptors (Lipinski definition) is 8. The summed E-state index contributed by atoms with van der Waals surface area (Å²) >= 11 is 1.26. The van der Waals surface area contributed by atoms with Crippen LogP contribution < -0.4 is 15.1 Å². The number of methoxy groups -OCH3 is 1. The number of aromatic hydroxyl groups is 1. The van der Waals surface area contributed by atoms with Crippen molar-refractivity contribution in [2.45, 2.75) is 26.3 Å². The summed E-state index contributed by atoms with van der Waals surface area (Å²) in [6.07, 6.45) is 0.685. The molecule has 1 atom stereocenters. The monoisotopic (exact) mass is 481 g/mol. The Bertz CT molecular complexity index is 1500. The lowest BCUT2D eigenvalue weighted by atomic mass is 9.98. The molecule has 2 aromatic heterocycles. The molecular formula is C24H20FN3O5S. The van der Waals surface area contributed by atoms with E-state index in [1.54, 1.807) is 12.1 Å². The van der Waals surface area contributed by atoms with E-state index in [0.29, 0.717) is 23.0 Å². The predicted octanol–water partition coefficient (Wildman–Crippen LogP) is 4.45. The second kappa shape index (κ2) is 8.21. The number of amides is 1. The Morgan fingerprint density at radius 1 is 1.21 bits per heavy atom. The van der Waals surface area contributed by atoms with Crippen LogP contribution in [0.2, 0.25) is 0 Å².